The van der Waals surface area contributed by atoms with Gasteiger partial charge in [-0.25, -0.2) is 0 Å². The highest BCUT2D eigenvalue weighted by molar-refractivity contribution is 5.77. The summed E-state index contributed by atoms with van der Waals surface area (Å²) in [7, 11) is 0. The maximum Gasteiger partial charge on any atom is 0.306 e. The number of aliphatic carboxylic acids is 1. The molecule has 94 valence electrons. The molecule has 1 amide bonds. The fourth-order valence-corrected chi connectivity index (χ4v) is 0.885. The largest absolute Gasteiger partial charge is 0.481 e. The number of ether oxygens (including phenoxy) is 1. The highest BCUT2D eigenvalue weighted by Gasteiger charge is 2.14. The normalized spacial score (nSPS) is 13.2. The standard InChI is InChI=1S/C11H21NO4/c1-8(10(14)15)5-6-12-9(13)7-16-11(2,3)4/h8H,5-7H2,1-4H3,(H,12,13)(H,14,15). The number of hydrogen-bond acceptors (Lipinski definition) is 3. The first-order valence-corrected chi connectivity index (χ1v) is 5.36. The van der Waals surface area contributed by atoms with Crippen LogP contribution in [0.25, 0.3) is 0 Å². The molecule has 0 aromatic heterocycles. The van der Waals surface area contributed by atoms with Crippen molar-refractivity contribution in [2.75, 3.05) is 13.2 Å². The molecular formula is C11H21NO4. The van der Waals surface area contributed by atoms with E-state index in [2.05, 4.69) is 5.32 Å². The van der Waals surface area contributed by atoms with Crippen LogP contribution >= 0.6 is 0 Å². The fourth-order valence-electron chi connectivity index (χ4n) is 0.885. The molecule has 0 spiro atoms. The van der Waals surface area contributed by atoms with Gasteiger partial charge in [-0.3, -0.25) is 9.59 Å². The molecule has 5 heteroatoms. The molecule has 0 aliphatic heterocycles. The SMILES string of the molecule is CC(CCNC(=O)COC(C)(C)C)C(=O)O. The van der Waals surface area contributed by atoms with Crippen LogP contribution in [0.1, 0.15) is 34.1 Å². The maximum absolute atomic E-state index is 11.3. The van der Waals surface area contributed by atoms with Crippen molar-refractivity contribution in [3.05, 3.63) is 0 Å². The van der Waals surface area contributed by atoms with Gasteiger partial charge >= 0.3 is 5.97 Å². The Bertz CT molecular complexity index is 245. The first kappa shape index (κ1) is 14.9. The molecule has 0 saturated heterocycles. The molecule has 2 N–H and O–H groups in total. The van der Waals surface area contributed by atoms with E-state index in [0.29, 0.717) is 13.0 Å². The van der Waals surface area contributed by atoms with E-state index in [4.69, 9.17) is 9.84 Å². The minimum absolute atomic E-state index is 0.00491. The molecule has 1 unspecified atom stereocenters. The van der Waals surface area contributed by atoms with Crippen molar-refractivity contribution in [1.82, 2.24) is 5.32 Å². The number of carboxylic acid groups (broad SMARTS) is 1. The molecule has 0 rings (SSSR count). The molecule has 0 aromatic rings. The number of carboxylic acids is 1. The Balaban J connectivity index is 3.63. The number of amides is 1. The molecule has 16 heavy (non-hydrogen) atoms. The lowest BCUT2D eigenvalue weighted by Gasteiger charge is -2.19. The number of carbonyl (C=O) groups is 2. The van der Waals surface area contributed by atoms with E-state index in [1.54, 1.807) is 6.92 Å². The zero-order chi connectivity index (χ0) is 12.8. The Morgan fingerprint density at radius 1 is 1.38 bits per heavy atom. The van der Waals surface area contributed by atoms with E-state index in [9.17, 15) is 9.59 Å². The highest BCUT2D eigenvalue weighted by atomic mass is 16.5. The molecule has 0 aliphatic rings. The molecule has 5 nitrogen and oxygen atoms in total. The average Bonchev–Trinajstić information content (AvgIpc) is 2.13. The molecule has 0 bridgehead atoms. The van der Waals surface area contributed by atoms with Crippen LogP contribution in [-0.2, 0) is 14.3 Å². The van der Waals surface area contributed by atoms with Gasteiger partial charge in [0.2, 0.25) is 5.91 Å². The molecule has 0 aromatic carbocycles. The van der Waals surface area contributed by atoms with Crippen LogP contribution in [0.2, 0.25) is 0 Å². The van der Waals surface area contributed by atoms with Crippen LogP contribution in [0.15, 0.2) is 0 Å². The first-order valence-electron chi connectivity index (χ1n) is 5.36. The number of hydrogen-bond donors (Lipinski definition) is 2. The maximum atomic E-state index is 11.3. The van der Waals surface area contributed by atoms with E-state index in [-0.39, 0.29) is 18.1 Å². The van der Waals surface area contributed by atoms with E-state index >= 15 is 0 Å². The monoisotopic (exact) mass is 231 g/mol. The van der Waals surface area contributed by atoms with Crippen molar-refractivity contribution in [2.45, 2.75) is 39.7 Å². The molecular weight excluding hydrogens is 210 g/mol. The van der Waals surface area contributed by atoms with Crippen molar-refractivity contribution in [1.29, 1.82) is 0 Å². The summed E-state index contributed by atoms with van der Waals surface area (Å²) in [5.74, 6) is -1.50. The minimum Gasteiger partial charge on any atom is -0.481 e. The van der Waals surface area contributed by atoms with Crippen LogP contribution in [-0.4, -0.2) is 35.7 Å². The molecule has 0 radical (unpaired) electrons. The average molecular weight is 231 g/mol. The number of nitrogens with one attached hydrogen (secondary N) is 1. The van der Waals surface area contributed by atoms with E-state index in [1.807, 2.05) is 20.8 Å². The third-order valence-electron chi connectivity index (χ3n) is 1.96. The van der Waals surface area contributed by atoms with Gasteiger partial charge in [0.15, 0.2) is 0 Å². The van der Waals surface area contributed by atoms with Gasteiger partial charge in [-0.2, -0.15) is 0 Å². The lowest BCUT2D eigenvalue weighted by molar-refractivity contribution is -0.141. The predicted molar refractivity (Wildman–Crippen MR) is 60.1 cm³/mol. The summed E-state index contributed by atoms with van der Waals surface area (Å²) in [6.45, 7) is 7.58. The Morgan fingerprint density at radius 2 is 1.94 bits per heavy atom. The van der Waals surface area contributed by atoms with Crippen molar-refractivity contribution in [3.8, 4) is 0 Å². The second-order valence-electron chi connectivity index (χ2n) is 4.78. The van der Waals surface area contributed by atoms with Gasteiger partial charge in [-0.05, 0) is 27.2 Å². The van der Waals surface area contributed by atoms with Crippen LogP contribution < -0.4 is 5.32 Å². The summed E-state index contributed by atoms with van der Waals surface area (Å²) in [5.41, 5.74) is -0.342. The Hall–Kier alpha value is -1.10. The lowest BCUT2D eigenvalue weighted by atomic mass is 10.1. The summed E-state index contributed by atoms with van der Waals surface area (Å²) in [6.07, 6.45) is 0.427. The van der Waals surface area contributed by atoms with Gasteiger partial charge in [-0.1, -0.05) is 6.92 Å². The first-order chi connectivity index (χ1) is 7.22. The third kappa shape index (κ3) is 8.23. The highest BCUT2D eigenvalue weighted by Crippen LogP contribution is 2.05. The number of rotatable bonds is 6. The minimum atomic E-state index is -0.847. The molecule has 0 fully saturated rings. The smallest absolute Gasteiger partial charge is 0.306 e. The van der Waals surface area contributed by atoms with Crippen LogP contribution in [0.5, 0.6) is 0 Å². The van der Waals surface area contributed by atoms with Gasteiger partial charge in [-0.15, -0.1) is 0 Å². The van der Waals surface area contributed by atoms with E-state index < -0.39 is 11.9 Å². The summed E-state index contributed by atoms with van der Waals surface area (Å²) >= 11 is 0. The Labute approximate surface area is 96.2 Å². The van der Waals surface area contributed by atoms with Crippen molar-refractivity contribution >= 4 is 11.9 Å². The summed E-state index contributed by atoms with van der Waals surface area (Å²) in [6, 6.07) is 0. The summed E-state index contributed by atoms with van der Waals surface area (Å²) < 4.78 is 5.27. The van der Waals surface area contributed by atoms with Gasteiger partial charge in [0.25, 0.3) is 0 Å². The zero-order valence-corrected chi connectivity index (χ0v) is 10.4. The summed E-state index contributed by atoms with van der Waals surface area (Å²) in [4.78, 5) is 21.8. The van der Waals surface area contributed by atoms with Gasteiger partial charge in [0.1, 0.15) is 6.61 Å². The number of carbonyl (C=O) groups excluding carboxylic acids is 1. The second kappa shape index (κ2) is 6.48. The molecule has 1 atom stereocenters. The van der Waals surface area contributed by atoms with Gasteiger partial charge in [0, 0.05) is 6.54 Å². The topological polar surface area (TPSA) is 75.6 Å². The van der Waals surface area contributed by atoms with Crippen molar-refractivity contribution < 1.29 is 19.4 Å². The zero-order valence-electron chi connectivity index (χ0n) is 10.4. The third-order valence-corrected chi connectivity index (χ3v) is 1.96. The molecule has 0 aliphatic carbocycles. The Kier molecular flexibility index (Phi) is 6.03. The second-order valence-corrected chi connectivity index (χ2v) is 4.78. The van der Waals surface area contributed by atoms with E-state index in [1.165, 1.54) is 0 Å². The van der Waals surface area contributed by atoms with Crippen molar-refractivity contribution in [3.63, 3.8) is 0 Å². The lowest BCUT2D eigenvalue weighted by Crippen LogP contribution is -2.33. The van der Waals surface area contributed by atoms with Crippen LogP contribution in [0.4, 0.5) is 0 Å². The molecule has 0 saturated carbocycles. The fraction of sp³-hybridized carbons (Fsp3) is 0.818. The van der Waals surface area contributed by atoms with Crippen LogP contribution in [0.3, 0.4) is 0 Å². The van der Waals surface area contributed by atoms with E-state index in [0.717, 1.165) is 0 Å². The van der Waals surface area contributed by atoms with Gasteiger partial charge < -0.3 is 15.2 Å². The predicted octanol–water partition coefficient (Wildman–Crippen LogP) is 1.03. The summed E-state index contributed by atoms with van der Waals surface area (Å²) in [5, 5.41) is 11.2. The van der Waals surface area contributed by atoms with Gasteiger partial charge in [0.05, 0.1) is 11.5 Å². The Morgan fingerprint density at radius 3 is 2.38 bits per heavy atom. The molecule has 0 heterocycles. The van der Waals surface area contributed by atoms with Crippen LogP contribution in [0, 0.1) is 5.92 Å². The van der Waals surface area contributed by atoms with Crippen molar-refractivity contribution in [2.24, 2.45) is 5.92 Å². The quantitative estimate of drug-likeness (QED) is 0.716.